The zero-order valence-corrected chi connectivity index (χ0v) is 18.6. The fraction of sp³-hybridized carbons (Fsp3) is 0.938. The molecule has 0 aromatic rings. The van der Waals surface area contributed by atoms with E-state index in [2.05, 4.69) is 15.6 Å². The molecule has 0 aromatic heterocycles. The lowest BCUT2D eigenvalue weighted by molar-refractivity contribution is 0.0205. The molecule has 0 bridgehead atoms. The van der Waals surface area contributed by atoms with E-state index in [1.807, 2.05) is 6.92 Å². The van der Waals surface area contributed by atoms with Gasteiger partial charge in [0, 0.05) is 51.8 Å². The summed E-state index contributed by atoms with van der Waals surface area (Å²) in [5.74, 6) is 1.59. The molecule has 1 heterocycles. The van der Waals surface area contributed by atoms with E-state index in [1.54, 1.807) is 6.92 Å². The fourth-order valence-corrected chi connectivity index (χ4v) is 3.03. The molecule has 0 radical (unpaired) electrons. The average Bonchev–Trinajstić information content (AvgIpc) is 2.58. The first-order valence-corrected chi connectivity index (χ1v) is 10.8. The van der Waals surface area contributed by atoms with Gasteiger partial charge in [0.1, 0.15) is 0 Å². The minimum atomic E-state index is -2.95. The van der Waals surface area contributed by atoms with Crippen molar-refractivity contribution in [2.45, 2.75) is 33.1 Å². The van der Waals surface area contributed by atoms with Gasteiger partial charge >= 0.3 is 0 Å². The van der Waals surface area contributed by atoms with Gasteiger partial charge in [-0.1, -0.05) is 6.92 Å². The summed E-state index contributed by atoms with van der Waals surface area (Å²) >= 11 is 0. The Balaban J connectivity index is 0.00000576. The number of sulfone groups is 1. The Bertz CT molecular complexity index is 454. The number of aliphatic imine (C=N–C) groups is 1. The third kappa shape index (κ3) is 12.8. The van der Waals surface area contributed by atoms with Gasteiger partial charge in [-0.2, -0.15) is 0 Å². The summed E-state index contributed by atoms with van der Waals surface area (Å²) in [6, 6.07) is 0. The summed E-state index contributed by atoms with van der Waals surface area (Å²) < 4.78 is 34.0. The lowest BCUT2D eigenvalue weighted by atomic mass is 10.0. The van der Waals surface area contributed by atoms with Crippen LogP contribution in [0.1, 0.15) is 33.1 Å². The van der Waals surface area contributed by atoms with Crippen molar-refractivity contribution in [3.05, 3.63) is 0 Å². The summed E-state index contributed by atoms with van der Waals surface area (Å²) in [5.41, 5.74) is 0. The number of guanidine groups is 1. The van der Waals surface area contributed by atoms with Crippen LogP contribution < -0.4 is 10.6 Å². The number of nitrogens with one attached hydrogen (secondary N) is 2. The zero-order valence-electron chi connectivity index (χ0n) is 15.5. The quantitative estimate of drug-likeness (QED) is 0.197. The highest BCUT2D eigenvalue weighted by molar-refractivity contribution is 14.0. The topological polar surface area (TPSA) is 89.0 Å². The van der Waals surface area contributed by atoms with Crippen LogP contribution in [0.15, 0.2) is 4.99 Å². The number of hydrogen-bond donors (Lipinski definition) is 2. The number of rotatable bonds is 11. The predicted octanol–water partition coefficient (Wildman–Crippen LogP) is 1.43. The van der Waals surface area contributed by atoms with E-state index in [1.165, 1.54) is 0 Å². The monoisotopic (exact) mass is 491 g/mol. The first-order chi connectivity index (χ1) is 11.6. The highest BCUT2D eigenvalue weighted by atomic mass is 127. The smallest absolute Gasteiger partial charge is 0.191 e. The molecular formula is C16H34IN3O4S. The van der Waals surface area contributed by atoms with Gasteiger partial charge in [-0.15, -0.1) is 24.0 Å². The molecular weight excluding hydrogens is 457 g/mol. The van der Waals surface area contributed by atoms with Gasteiger partial charge < -0.3 is 20.1 Å². The first kappa shape index (κ1) is 24.9. The van der Waals surface area contributed by atoms with Gasteiger partial charge in [-0.05, 0) is 32.1 Å². The number of hydrogen-bond acceptors (Lipinski definition) is 5. The molecule has 0 saturated carbocycles. The predicted molar refractivity (Wildman–Crippen MR) is 113 cm³/mol. The summed E-state index contributed by atoms with van der Waals surface area (Å²) in [4.78, 5) is 4.44. The van der Waals surface area contributed by atoms with Gasteiger partial charge in [0.05, 0.1) is 5.75 Å². The van der Waals surface area contributed by atoms with Crippen molar-refractivity contribution in [1.29, 1.82) is 0 Å². The Labute approximate surface area is 169 Å². The van der Waals surface area contributed by atoms with Gasteiger partial charge in [-0.3, -0.25) is 4.99 Å². The Morgan fingerprint density at radius 1 is 1.24 bits per heavy atom. The van der Waals surface area contributed by atoms with Crippen LogP contribution in [0, 0.1) is 5.92 Å². The minimum Gasteiger partial charge on any atom is -0.381 e. The van der Waals surface area contributed by atoms with Crippen LogP contribution in [0.4, 0.5) is 0 Å². The summed E-state index contributed by atoms with van der Waals surface area (Å²) in [5, 5.41) is 6.18. The van der Waals surface area contributed by atoms with Crippen molar-refractivity contribution >= 4 is 39.8 Å². The van der Waals surface area contributed by atoms with Crippen LogP contribution in [0.25, 0.3) is 0 Å². The van der Waals surface area contributed by atoms with E-state index in [-0.39, 0.29) is 35.5 Å². The van der Waals surface area contributed by atoms with Crippen molar-refractivity contribution < 1.29 is 17.9 Å². The average molecular weight is 491 g/mol. The largest absolute Gasteiger partial charge is 0.381 e. The Morgan fingerprint density at radius 3 is 2.60 bits per heavy atom. The molecule has 1 rings (SSSR count). The van der Waals surface area contributed by atoms with Crippen LogP contribution >= 0.6 is 24.0 Å². The van der Waals surface area contributed by atoms with Crippen molar-refractivity contribution in [2.24, 2.45) is 10.9 Å². The van der Waals surface area contributed by atoms with Crippen LogP contribution in [-0.2, 0) is 19.3 Å². The maximum absolute atomic E-state index is 11.5. The molecule has 0 unspecified atom stereocenters. The van der Waals surface area contributed by atoms with Crippen molar-refractivity contribution in [3.8, 4) is 0 Å². The zero-order chi connectivity index (χ0) is 17.7. The van der Waals surface area contributed by atoms with E-state index >= 15 is 0 Å². The van der Waals surface area contributed by atoms with Gasteiger partial charge in [0.15, 0.2) is 15.8 Å². The standard InChI is InChI=1S/C16H33N3O4S.HI/c1-3-17-16(19-9-13-24(20,21)4-2)18-8-5-10-23-14-15-6-11-22-12-7-15;/h15H,3-14H2,1-2H3,(H2,17,18,19);1H. The Kier molecular flexibility index (Phi) is 14.9. The van der Waals surface area contributed by atoms with E-state index in [4.69, 9.17) is 9.47 Å². The van der Waals surface area contributed by atoms with E-state index in [0.717, 1.165) is 45.6 Å². The lowest BCUT2D eigenvalue weighted by Crippen LogP contribution is -2.39. The molecule has 1 aliphatic heterocycles. The number of ether oxygens (including phenoxy) is 2. The molecule has 0 amide bonds. The third-order valence-electron chi connectivity index (χ3n) is 3.90. The molecule has 2 N–H and O–H groups in total. The molecule has 1 fully saturated rings. The third-order valence-corrected chi connectivity index (χ3v) is 5.61. The summed E-state index contributed by atoms with van der Waals surface area (Å²) in [6.07, 6.45) is 3.04. The molecule has 0 atom stereocenters. The summed E-state index contributed by atoms with van der Waals surface area (Å²) in [6.45, 7) is 8.63. The maximum atomic E-state index is 11.5. The van der Waals surface area contributed by atoms with Gasteiger partial charge in [0.2, 0.25) is 0 Å². The van der Waals surface area contributed by atoms with Gasteiger partial charge in [0.25, 0.3) is 0 Å². The second-order valence-corrected chi connectivity index (χ2v) is 8.38. The van der Waals surface area contributed by atoms with Crippen molar-refractivity contribution in [1.82, 2.24) is 10.6 Å². The minimum absolute atomic E-state index is 0. The Hall–Kier alpha value is -0.130. The van der Waals surface area contributed by atoms with Crippen molar-refractivity contribution in [3.63, 3.8) is 0 Å². The molecule has 7 nitrogen and oxygen atoms in total. The highest BCUT2D eigenvalue weighted by Crippen LogP contribution is 2.14. The van der Waals surface area contributed by atoms with E-state index < -0.39 is 9.84 Å². The Morgan fingerprint density at radius 2 is 1.96 bits per heavy atom. The maximum Gasteiger partial charge on any atom is 0.191 e. The van der Waals surface area contributed by atoms with Gasteiger partial charge in [-0.25, -0.2) is 8.42 Å². The molecule has 0 aromatic carbocycles. The molecule has 0 aliphatic carbocycles. The molecule has 9 heteroatoms. The van der Waals surface area contributed by atoms with Crippen molar-refractivity contribution in [2.75, 3.05) is 57.6 Å². The fourth-order valence-electron chi connectivity index (χ4n) is 2.33. The van der Waals surface area contributed by atoms with E-state index in [9.17, 15) is 8.42 Å². The molecule has 1 saturated heterocycles. The first-order valence-electron chi connectivity index (χ1n) is 8.95. The van der Waals surface area contributed by atoms with Crippen LogP contribution in [0.2, 0.25) is 0 Å². The van der Waals surface area contributed by atoms with Crippen LogP contribution in [-0.4, -0.2) is 71.9 Å². The van der Waals surface area contributed by atoms with Crippen LogP contribution in [0.5, 0.6) is 0 Å². The summed E-state index contributed by atoms with van der Waals surface area (Å²) in [7, 11) is -2.95. The molecule has 25 heavy (non-hydrogen) atoms. The molecule has 1 aliphatic rings. The van der Waals surface area contributed by atoms with E-state index in [0.29, 0.717) is 31.6 Å². The number of halogens is 1. The lowest BCUT2D eigenvalue weighted by Gasteiger charge is -2.21. The highest BCUT2D eigenvalue weighted by Gasteiger charge is 2.13. The van der Waals surface area contributed by atoms with Crippen LogP contribution in [0.3, 0.4) is 0 Å². The second-order valence-electron chi connectivity index (χ2n) is 5.91. The second kappa shape index (κ2) is 15.0. The number of nitrogens with zero attached hydrogens (tertiary/aromatic N) is 1. The molecule has 150 valence electrons. The molecule has 0 spiro atoms. The SMILES string of the molecule is CCNC(=NCCCOCC1CCOCC1)NCCS(=O)(=O)CC.I. The normalized spacial score (nSPS) is 16.3.